The lowest BCUT2D eigenvalue weighted by Crippen LogP contribution is -2.30. The molecule has 0 spiro atoms. The molecule has 1 amide bonds. The quantitative estimate of drug-likeness (QED) is 0.846. The maximum absolute atomic E-state index is 12.8. The molecule has 2 heterocycles. The Hall–Kier alpha value is -1.62. The number of fused-ring (bicyclic) bond motifs is 1. The molecule has 0 aliphatic carbocycles. The molecule has 4 nitrogen and oxygen atoms in total. The maximum atomic E-state index is 12.8. The molecule has 0 radical (unpaired) electrons. The number of anilines is 1. The molecule has 1 aromatic heterocycles. The molecule has 2 aromatic rings. The SMILES string of the molecule is CCn1nc(C)cc1C(=O)N1CCc2ccc(Br)cc21. The van der Waals surface area contributed by atoms with Gasteiger partial charge in [-0.05, 0) is 44.0 Å². The number of rotatable bonds is 2. The fourth-order valence-electron chi connectivity index (χ4n) is 2.66. The van der Waals surface area contributed by atoms with Crippen molar-refractivity contribution >= 4 is 27.5 Å². The number of carbonyl (C=O) groups excluding carboxylic acids is 1. The smallest absolute Gasteiger partial charge is 0.276 e. The van der Waals surface area contributed by atoms with Crippen LogP contribution in [0.3, 0.4) is 0 Å². The zero-order valence-corrected chi connectivity index (χ0v) is 13.1. The molecule has 1 aliphatic rings. The Bertz CT molecular complexity index is 678. The fraction of sp³-hybridized carbons (Fsp3) is 0.333. The van der Waals surface area contributed by atoms with Gasteiger partial charge in [0.1, 0.15) is 5.69 Å². The number of hydrogen-bond acceptors (Lipinski definition) is 2. The second-order valence-corrected chi connectivity index (χ2v) is 5.88. The van der Waals surface area contributed by atoms with Gasteiger partial charge in [0.05, 0.1) is 5.69 Å². The number of aryl methyl sites for hydroxylation is 2. The van der Waals surface area contributed by atoms with Crippen molar-refractivity contribution in [2.45, 2.75) is 26.8 Å². The lowest BCUT2D eigenvalue weighted by Gasteiger charge is -2.18. The Morgan fingerprint density at radius 3 is 2.95 bits per heavy atom. The molecule has 0 N–H and O–H groups in total. The van der Waals surface area contributed by atoms with Crippen LogP contribution in [0.15, 0.2) is 28.7 Å². The van der Waals surface area contributed by atoms with Crippen LogP contribution in [0, 0.1) is 6.92 Å². The first kappa shape index (κ1) is 13.4. The third kappa shape index (κ3) is 2.16. The van der Waals surface area contributed by atoms with Gasteiger partial charge in [-0.2, -0.15) is 5.10 Å². The predicted octanol–water partition coefficient (Wildman–Crippen LogP) is 3.18. The number of halogens is 1. The van der Waals surface area contributed by atoms with Crippen LogP contribution < -0.4 is 4.90 Å². The minimum absolute atomic E-state index is 0.0318. The second-order valence-electron chi connectivity index (χ2n) is 4.97. The largest absolute Gasteiger partial charge is 0.306 e. The lowest BCUT2D eigenvalue weighted by molar-refractivity contribution is 0.0979. The summed E-state index contributed by atoms with van der Waals surface area (Å²) in [6.07, 6.45) is 0.910. The van der Waals surface area contributed by atoms with Crippen molar-refractivity contribution in [1.82, 2.24) is 9.78 Å². The average Bonchev–Trinajstić information content (AvgIpc) is 3.00. The van der Waals surface area contributed by atoms with E-state index in [0.29, 0.717) is 12.2 Å². The highest BCUT2D eigenvalue weighted by Gasteiger charge is 2.27. The molecule has 1 aliphatic heterocycles. The van der Waals surface area contributed by atoms with E-state index in [1.807, 2.05) is 36.9 Å². The topological polar surface area (TPSA) is 38.1 Å². The monoisotopic (exact) mass is 333 g/mol. The van der Waals surface area contributed by atoms with Crippen LogP contribution in [0.1, 0.15) is 28.7 Å². The number of hydrogen-bond donors (Lipinski definition) is 0. The Morgan fingerprint density at radius 1 is 1.40 bits per heavy atom. The summed E-state index contributed by atoms with van der Waals surface area (Å²) in [4.78, 5) is 14.6. The number of aromatic nitrogens is 2. The first-order valence-corrected chi connectivity index (χ1v) is 7.54. The number of carbonyl (C=O) groups is 1. The van der Waals surface area contributed by atoms with Gasteiger partial charge in [0, 0.05) is 23.2 Å². The van der Waals surface area contributed by atoms with E-state index in [-0.39, 0.29) is 5.91 Å². The third-order valence-corrected chi connectivity index (χ3v) is 4.10. The minimum Gasteiger partial charge on any atom is -0.306 e. The van der Waals surface area contributed by atoms with Crippen molar-refractivity contribution in [2.24, 2.45) is 0 Å². The van der Waals surface area contributed by atoms with Gasteiger partial charge in [-0.25, -0.2) is 0 Å². The zero-order valence-electron chi connectivity index (χ0n) is 11.6. The Balaban J connectivity index is 1.99. The van der Waals surface area contributed by atoms with Crippen LogP contribution in [-0.2, 0) is 13.0 Å². The summed E-state index contributed by atoms with van der Waals surface area (Å²) >= 11 is 3.47. The molecule has 104 valence electrons. The summed E-state index contributed by atoms with van der Waals surface area (Å²) < 4.78 is 2.77. The van der Waals surface area contributed by atoms with Crippen molar-refractivity contribution < 1.29 is 4.79 Å². The standard InChI is InChI=1S/C15H16BrN3O/c1-3-19-14(8-10(2)17-19)15(20)18-7-6-11-4-5-12(16)9-13(11)18/h4-5,8-9H,3,6-7H2,1-2H3. The van der Waals surface area contributed by atoms with Crippen LogP contribution in [-0.4, -0.2) is 22.2 Å². The van der Waals surface area contributed by atoms with Gasteiger partial charge in [0.15, 0.2) is 0 Å². The van der Waals surface area contributed by atoms with E-state index < -0.39 is 0 Å². The molecule has 5 heteroatoms. The minimum atomic E-state index is 0.0318. The first-order valence-electron chi connectivity index (χ1n) is 6.75. The van der Waals surface area contributed by atoms with Crippen LogP contribution in [0.25, 0.3) is 0 Å². The highest BCUT2D eigenvalue weighted by Crippen LogP contribution is 2.32. The number of benzene rings is 1. The van der Waals surface area contributed by atoms with Gasteiger partial charge in [0.25, 0.3) is 5.91 Å². The summed E-state index contributed by atoms with van der Waals surface area (Å²) in [5, 5.41) is 4.36. The molecule has 0 atom stereocenters. The predicted molar refractivity (Wildman–Crippen MR) is 82.2 cm³/mol. The molecule has 0 unspecified atom stereocenters. The zero-order chi connectivity index (χ0) is 14.3. The highest BCUT2D eigenvalue weighted by molar-refractivity contribution is 9.10. The maximum Gasteiger partial charge on any atom is 0.276 e. The summed E-state index contributed by atoms with van der Waals surface area (Å²) in [5.41, 5.74) is 3.77. The average molecular weight is 334 g/mol. The van der Waals surface area contributed by atoms with Gasteiger partial charge >= 0.3 is 0 Å². The molecule has 0 bridgehead atoms. The molecular weight excluding hydrogens is 318 g/mol. The molecule has 0 fully saturated rings. The van der Waals surface area contributed by atoms with Gasteiger partial charge in [0.2, 0.25) is 0 Å². The van der Waals surface area contributed by atoms with Crippen LogP contribution >= 0.6 is 15.9 Å². The summed E-state index contributed by atoms with van der Waals surface area (Å²) in [7, 11) is 0. The molecular formula is C15H16BrN3O. The Labute approximate surface area is 126 Å². The van der Waals surface area contributed by atoms with E-state index in [4.69, 9.17) is 0 Å². The van der Waals surface area contributed by atoms with Gasteiger partial charge in [-0.1, -0.05) is 22.0 Å². The van der Waals surface area contributed by atoms with Crippen molar-refractivity contribution in [3.63, 3.8) is 0 Å². The normalized spacial score (nSPS) is 13.7. The first-order chi connectivity index (χ1) is 9.60. The summed E-state index contributed by atoms with van der Waals surface area (Å²) in [6, 6.07) is 7.98. The van der Waals surface area contributed by atoms with Gasteiger partial charge in [-0.3, -0.25) is 9.48 Å². The van der Waals surface area contributed by atoms with Crippen molar-refractivity contribution in [3.05, 3.63) is 45.7 Å². The van der Waals surface area contributed by atoms with Crippen molar-refractivity contribution in [2.75, 3.05) is 11.4 Å². The second kappa shape index (κ2) is 5.05. The number of amides is 1. The van der Waals surface area contributed by atoms with Gasteiger partial charge < -0.3 is 4.90 Å². The molecule has 0 saturated heterocycles. The van der Waals surface area contributed by atoms with Crippen molar-refractivity contribution in [1.29, 1.82) is 0 Å². The third-order valence-electron chi connectivity index (χ3n) is 3.61. The summed E-state index contributed by atoms with van der Waals surface area (Å²) in [6.45, 7) is 5.35. The Kier molecular flexibility index (Phi) is 3.38. The van der Waals surface area contributed by atoms with Crippen LogP contribution in [0.5, 0.6) is 0 Å². The van der Waals surface area contributed by atoms with E-state index >= 15 is 0 Å². The summed E-state index contributed by atoms with van der Waals surface area (Å²) in [5.74, 6) is 0.0318. The molecule has 20 heavy (non-hydrogen) atoms. The molecule has 3 rings (SSSR count). The molecule has 0 saturated carbocycles. The lowest BCUT2D eigenvalue weighted by atomic mass is 10.2. The highest BCUT2D eigenvalue weighted by atomic mass is 79.9. The Morgan fingerprint density at radius 2 is 2.20 bits per heavy atom. The number of nitrogens with zero attached hydrogens (tertiary/aromatic N) is 3. The van der Waals surface area contributed by atoms with E-state index in [0.717, 1.165) is 28.8 Å². The van der Waals surface area contributed by atoms with E-state index in [2.05, 4.69) is 27.1 Å². The van der Waals surface area contributed by atoms with E-state index in [1.165, 1.54) is 5.56 Å². The van der Waals surface area contributed by atoms with E-state index in [9.17, 15) is 4.79 Å². The molecule has 1 aromatic carbocycles. The fourth-order valence-corrected chi connectivity index (χ4v) is 3.01. The van der Waals surface area contributed by atoms with E-state index in [1.54, 1.807) is 4.68 Å². The van der Waals surface area contributed by atoms with Crippen molar-refractivity contribution in [3.8, 4) is 0 Å². The van der Waals surface area contributed by atoms with Gasteiger partial charge in [-0.15, -0.1) is 0 Å². The van der Waals surface area contributed by atoms with Crippen LogP contribution in [0.2, 0.25) is 0 Å². The van der Waals surface area contributed by atoms with Crippen LogP contribution in [0.4, 0.5) is 5.69 Å².